The van der Waals surface area contributed by atoms with Crippen molar-refractivity contribution in [3.8, 4) is 0 Å². The van der Waals surface area contributed by atoms with Crippen molar-refractivity contribution in [2.75, 3.05) is 6.54 Å². The van der Waals surface area contributed by atoms with Gasteiger partial charge in [0, 0.05) is 16.1 Å². The van der Waals surface area contributed by atoms with Gasteiger partial charge < -0.3 is 4.90 Å². The summed E-state index contributed by atoms with van der Waals surface area (Å²) in [6, 6.07) is 4.25. The van der Waals surface area contributed by atoms with Crippen molar-refractivity contribution in [2.45, 2.75) is 33.0 Å². The van der Waals surface area contributed by atoms with Crippen LogP contribution in [0, 0.1) is 6.92 Å². The fraction of sp³-hybridized carbons (Fsp3) is 0.462. The van der Waals surface area contributed by atoms with Crippen molar-refractivity contribution in [3.63, 3.8) is 0 Å². The number of carbonyl (C=O) groups excluding carboxylic acids is 1. The largest absolute Gasteiger partial charge is 0.406 e. The Kier molecular flexibility index (Phi) is 5.01. The summed E-state index contributed by atoms with van der Waals surface area (Å²) in [6.07, 6.45) is -4.40. The minimum absolute atomic E-state index is 0.263. The van der Waals surface area contributed by atoms with Gasteiger partial charge in [0.2, 0.25) is 0 Å². The summed E-state index contributed by atoms with van der Waals surface area (Å²) in [6.45, 7) is 3.67. The molecule has 0 aliphatic heterocycles. The van der Waals surface area contributed by atoms with Gasteiger partial charge in [-0.1, -0.05) is 15.9 Å². The molecule has 0 bridgehead atoms. The molecule has 1 aromatic carbocycles. The van der Waals surface area contributed by atoms with E-state index in [4.69, 9.17) is 0 Å². The van der Waals surface area contributed by atoms with Gasteiger partial charge in [-0.25, -0.2) is 0 Å². The van der Waals surface area contributed by atoms with E-state index in [1.165, 1.54) is 6.07 Å². The zero-order valence-electron chi connectivity index (χ0n) is 10.9. The van der Waals surface area contributed by atoms with Crippen LogP contribution < -0.4 is 0 Å². The Hall–Kier alpha value is -1.04. The number of carbonyl (C=O) groups is 1. The summed E-state index contributed by atoms with van der Waals surface area (Å²) in [4.78, 5) is 13.0. The van der Waals surface area contributed by atoms with Gasteiger partial charge in [-0.3, -0.25) is 4.79 Å². The van der Waals surface area contributed by atoms with Gasteiger partial charge in [-0.05, 0) is 44.5 Å². The van der Waals surface area contributed by atoms with E-state index >= 15 is 0 Å². The number of amides is 1. The maximum absolute atomic E-state index is 12.5. The third kappa shape index (κ3) is 4.53. The summed E-state index contributed by atoms with van der Waals surface area (Å²) >= 11 is 3.29. The van der Waals surface area contributed by atoms with Gasteiger partial charge in [0.25, 0.3) is 5.91 Å². The van der Waals surface area contributed by atoms with Crippen LogP contribution in [0.4, 0.5) is 13.2 Å². The molecule has 106 valence electrons. The van der Waals surface area contributed by atoms with Gasteiger partial charge in [-0.15, -0.1) is 0 Å². The average molecular weight is 338 g/mol. The van der Waals surface area contributed by atoms with Crippen LogP contribution in [0.1, 0.15) is 29.8 Å². The minimum Gasteiger partial charge on any atom is -0.327 e. The second-order valence-electron chi connectivity index (χ2n) is 4.61. The van der Waals surface area contributed by atoms with Crippen LogP contribution in [0.25, 0.3) is 0 Å². The maximum atomic E-state index is 12.5. The predicted octanol–water partition coefficient (Wildman–Crippen LogP) is 4.17. The molecule has 0 atom stereocenters. The van der Waals surface area contributed by atoms with Crippen LogP contribution in [0.2, 0.25) is 0 Å². The molecule has 0 aliphatic rings. The van der Waals surface area contributed by atoms with E-state index in [0.717, 1.165) is 14.9 Å². The van der Waals surface area contributed by atoms with Gasteiger partial charge in [-0.2, -0.15) is 13.2 Å². The highest BCUT2D eigenvalue weighted by Crippen LogP contribution is 2.22. The molecule has 1 rings (SSSR count). The standard InChI is InChI=1S/C13H15BrF3NO/c1-8(2)18(7-13(15,16)17)12(19)10-4-5-11(14)9(3)6-10/h4-6,8H,7H2,1-3H3. The van der Waals surface area contributed by atoms with Crippen LogP contribution in [0.5, 0.6) is 0 Å². The molecule has 0 N–H and O–H groups in total. The van der Waals surface area contributed by atoms with E-state index in [2.05, 4.69) is 15.9 Å². The highest BCUT2D eigenvalue weighted by atomic mass is 79.9. The molecular weight excluding hydrogens is 323 g/mol. The Balaban J connectivity index is 3.02. The van der Waals surface area contributed by atoms with E-state index in [1.54, 1.807) is 32.9 Å². The van der Waals surface area contributed by atoms with Crippen molar-refractivity contribution in [3.05, 3.63) is 33.8 Å². The first-order valence-electron chi connectivity index (χ1n) is 5.75. The van der Waals surface area contributed by atoms with Crippen LogP contribution in [-0.2, 0) is 0 Å². The average Bonchev–Trinajstić information content (AvgIpc) is 2.27. The van der Waals surface area contributed by atoms with E-state index < -0.39 is 24.7 Å². The first kappa shape index (κ1) is 16.0. The lowest BCUT2D eigenvalue weighted by molar-refractivity contribution is -0.143. The molecule has 0 unspecified atom stereocenters. The van der Waals surface area contributed by atoms with Gasteiger partial charge in [0.15, 0.2) is 0 Å². The zero-order valence-corrected chi connectivity index (χ0v) is 12.5. The van der Waals surface area contributed by atoms with Crippen molar-refractivity contribution >= 4 is 21.8 Å². The molecular formula is C13H15BrF3NO. The monoisotopic (exact) mass is 337 g/mol. The molecule has 2 nitrogen and oxygen atoms in total. The van der Waals surface area contributed by atoms with Crippen molar-refractivity contribution < 1.29 is 18.0 Å². The third-order valence-corrected chi connectivity index (χ3v) is 3.53. The summed E-state index contributed by atoms with van der Waals surface area (Å²) in [5.74, 6) is -0.608. The molecule has 0 spiro atoms. The Labute approximate surface area is 118 Å². The molecule has 0 heterocycles. The molecule has 1 aromatic rings. The molecule has 19 heavy (non-hydrogen) atoms. The van der Waals surface area contributed by atoms with Gasteiger partial charge in [0.05, 0.1) is 0 Å². The molecule has 0 saturated carbocycles. The number of hydrogen-bond acceptors (Lipinski definition) is 1. The van der Waals surface area contributed by atoms with Crippen LogP contribution in [0.15, 0.2) is 22.7 Å². The van der Waals surface area contributed by atoms with Crippen LogP contribution in [0.3, 0.4) is 0 Å². The smallest absolute Gasteiger partial charge is 0.327 e. The Morgan fingerprint density at radius 3 is 2.37 bits per heavy atom. The molecule has 0 aromatic heterocycles. The minimum atomic E-state index is -4.40. The Morgan fingerprint density at radius 2 is 1.95 bits per heavy atom. The summed E-state index contributed by atoms with van der Waals surface area (Å²) in [5, 5.41) is 0. The molecule has 0 saturated heterocycles. The van der Waals surface area contributed by atoms with Crippen molar-refractivity contribution in [1.29, 1.82) is 0 Å². The van der Waals surface area contributed by atoms with Crippen LogP contribution in [-0.4, -0.2) is 29.6 Å². The molecule has 6 heteroatoms. The molecule has 1 amide bonds. The summed E-state index contributed by atoms with van der Waals surface area (Å²) < 4.78 is 38.3. The lowest BCUT2D eigenvalue weighted by Gasteiger charge is -2.28. The highest BCUT2D eigenvalue weighted by molar-refractivity contribution is 9.10. The molecule has 0 aliphatic carbocycles. The summed E-state index contributed by atoms with van der Waals surface area (Å²) in [5.41, 5.74) is 1.07. The Morgan fingerprint density at radius 1 is 1.37 bits per heavy atom. The van der Waals surface area contributed by atoms with Crippen LogP contribution >= 0.6 is 15.9 Å². The number of rotatable bonds is 3. The van der Waals surface area contributed by atoms with E-state index in [-0.39, 0.29) is 5.56 Å². The van der Waals surface area contributed by atoms with E-state index in [9.17, 15) is 18.0 Å². The number of benzene rings is 1. The molecule has 0 radical (unpaired) electrons. The number of halogens is 4. The number of alkyl halides is 3. The van der Waals surface area contributed by atoms with E-state index in [1.807, 2.05) is 0 Å². The lowest BCUT2D eigenvalue weighted by atomic mass is 10.1. The number of nitrogens with zero attached hydrogens (tertiary/aromatic N) is 1. The Bertz CT molecular complexity index is 471. The highest BCUT2D eigenvalue weighted by Gasteiger charge is 2.34. The molecule has 0 fully saturated rings. The second-order valence-corrected chi connectivity index (χ2v) is 5.46. The first-order valence-corrected chi connectivity index (χ1v) is 6.55. The van der Waals surface area contributed by atoms with Gasteiger partial charge >= 0.3 is 6.18 Å². The van der Waals surface area contributed by atoms with E-state index in [0.29, 0.717) is 0 Å². The number of aryl methyl sites for hydroxylation is 1. The lowest BCUT2D eigenvalue weighted by Crippen LogP contribution is -2.43. The normalized spacial score (nSPS) is 11.8. The van der Waals surface area contributed by atoms with Gasteiger partial charge in [0.1, 0.15) is 6.54 Å². The third-order valence-electron chi connectivity index (χ3n) is 2.64. The quantitative estimate of drug-likeness (QED) is 0.810. The SMILES string of the molecule is Cc1cc(C(=O)N(CC(F)(F)F)C(C)C)ccc1Br. The second kappa shape index (κ2) is 5.94. The maximum Gasteiger partial charge on any atom is 0.406 e. The zero-order chi connectivity index (χ0) is 14.8. The van der Waals surface area contributed by atoms with Crippen molar-refractivity contribution in [1.82, 2.24) is 4.90 Å². The predicted molar refractivity (Wildman–Crippen MR) is 71.1 cm³/mol. The summed E-state index contributed by atoms with van der Waals surface area (Å²) in [7, 11) is 0. The van der Waals surface area contributed by atoms with Crippen molar-refractivity contribution in [2.24, 2.45) is 0 Å². The first-order chi connectivity index (χ1) is 8.61. The fourth-order valence-electron chi connectivity index (χ4n) is 1.63. The fourth-order valence-corrected chi connectivity index (χ4v) is 1.87. The topological polar surface area (TPSA) is 20.3 Å². The number of hydrogen-bond donors (Lipinski definition) is 0.